The van der Waals surface area contributed by atoms with Gasteiger partial charge in [0.05, 0.1) is 5.01 Å². The van der Waals surface area contributed by atoms with Gasteiger partial charge in [-0.2, -0.15) is 0 Å². The molecule has 0 atom stereocenters. The summed E-state index contributed by atoms with van der Waals surface area (Å²) >= 11 is 1.49. The number of nitrogens with zero attached hydrogens (tertiary/aromatic N) is 2. The maximum atomic E-state index is 11.8. The average molecular weight is 270 g/mol. The van der Waals surface area contributed by atoms with Crippen LogP contribution in [-0.4, -0.2) is 49.5 Å². The average Bonchev–Trinajstić information content (AvgIpc) is 2.77. The molecule has 5 nitrogen and oxygen atoms in total. The second kappa shape index (κ2) is 8.18. The molecule has 1 rings (SSSR count). The van der Waals surface area contributed by atoms with Gasteiger partial charge in [-0.25, -0.2) is 4.98 Å². The van der Waals surface area contributed by atoms with E-state index in [4.69, 9.17) is 5.73 Å². The molecule has 0 aromatic carbocycles. The summed E-state index contributed by atoms with van der Waals surface area (Å²) in [5.41, 5.74) is 5.96. The molecule has 0 bridgehead atoms. The fourth-order valence-corrected chi connectivity index (χ4v) is 2.29. The van der Waals surface area contributed by atoms with Crippen molar-refractivity contribution in [2.45, 2.75) is 19.3 Å². The first kappa shape index (κ1) is 15.1. The number of amides is 1. The summed E-state index contributed by atoms with van der Waals surface area (Å²) in [7, 11) is 4.10. The number of thiazole rings is 1. The molecular weight excluding hydrogens is 248 g/mol. The molecule has 0 saturated heterocycles. The molecule has 0 aliphatic heterocycles. The number of unbranched alkanes of at least 4 members (excludes halogenated alkanes) is 1. The molecule has 6 heteroatoms. The van der Waals surface area contributed by atoms with E-state index >= 15 is 0 Å². The van der Waals surface area contributed by atoms with Crippen molar-refractivity contribution in [3.8, 4) is 0 Å². The van der Waals surface area contributed by atoms with Crippen LogP contribution in [-0.2, 0) is 6.42 Å². The van der Waals surface area contributed by atoms with E-state index in [0.717, 1.165) is 30.8 Å². The molecule has 0 unspecified atom stereocenters. The molecule has 0 spiro atoms. The Balaban J connectivity index is 2.23. The highest BCUT2D eigenvalue weighted by atomic mass is 32.1. The molecule has 1 aromatic heterocycles. The molecule has 0 radical (unpaired) electrons. The SMILES string of the molecule is CN(C)CCCCNC(=O)c1csc(CCN)n1. The molecule has 0 aliphatic rings. The van der Waals surface area contributed by atoms with Gasteiger partial charge in [0, 0.05) is 18.3 Å². The highest BCUT2D eigenvalue weighted by Gasteiger charge is 2.09. The van der Waals surface area contributed by atoms with Gasteiger partial charge in [-0.1, -0.05) is 0 Å². The Bertz CT molecular complexity index is 365. The van der Waals surface area contributed by atoms with Gasteiger partial charge in [0.15, 0.2) is 0 Å². The van der Waals surface area contributed by atoms with Crippen molar-refractivity contribution < 1.29 is 4.79 Å². The van der Waals surface area contributed by atoms with Crippen LogP contribution in [0.25, 0.3) is 0 Å². The molecule has 1 aromatic rings. The van der Waals surface area contributed by atoms with Crippen molar-refractivity contribution in [1.82, 2.24) is 15.2 Å². The molecule has 1 heterocycles. The monoisotopic (exact) mass is 270 g/mol. The van der Waals surface area contributed by atoms with Gasteiger partial charge in [-0.3, -0.25) is 4.79 Å². The smallest absolute Gasteiger partial charge is 0.270 e. The standard InChI is InChI=1S/C12H22N4OS/c1-16(2)8-4-3-7-14-12(17)10-9-18-11(15-10)5-6-13/h9H,3-8,13H2,1-2H3,(H,14,17). The molecular formula is C12H22N4OS. The van der Waals surface area contributed by atoms with Gasteiger partial charge >= 0.3 is 0 Å². The zero-order chi connectivity index (χ0) is 13.4. The summed E-state index contributed by atoms with van der Waals surface area (Å²) in [6.45, 7) is 2.32. The second-order valence-corrected chi connectivity index (χ2v) is 5.37. The van der Waals surface area contributed by atoms with Gasteiger partial charge in [-0.05, 0) is 40.0 Å². The second-order valence-electron chi connectivity index (χ2n) is 4.43. The van der Waals surface area contributed by atoms with Crippen LogP contribution in [0.2, 0.25) is 0 Å². The predicted octanol–water partition coefficient (Wildman–Crippen LogP) is 0.716. The Morgan fingerprint density at radius 1 is 1.50 bits per heavy atom. The highest BCUT2D eigenvalue weighted by molar-refractivity contribution is 7.09. The van der Waals surface area contributed by atoms with Crippen molar-refractivity contribution in [2.75, 3.05) is 33.7 Å². The number of aromatic nitrogens is 1. The lowest BCUT2D eigenvalue weighted by molar-refractivity contribution is 0.0948. The quantitative estimate of drug-likeness (QED) is 0.683. The topological polar surface area (TPSA) is 71.2 Å². The minimum atomic E-state index is -0.0839. The fraction of sp³-hybridized carbons (Fsp3) is 0.667. The molecule has 3 N–H and O–H groups in total. The summed E-state index contributed by atoms with van der Waals surface area (Å²) in [5, 5.41) is 5.60. The van der Waals surface area contributed by atoms with E-state index in [1.54, 1.807) is 5.38 Å². The first-order chi connectivity index (χ1) is 8.63. The van der Waals surface area contributed by atoms with E-state index in [1.807, 2.05) is 14.1 Å². The van der Waals surface area contributed by atoms with Gasteiger partial charge < -0.3 is 16.0 Å². The molecule has 0 fully saturated rings. The number of nitrogens with one attached hydrogen (secondary N) is 1. The van der Waals surface area contributed by atoms with Crippen LogP contribution in [0.15, 0.2) is 5.38 Å². The third-order valence-electron chi connectivity index (χ3n) is 2.46. The van der Waals surface area contributed by atoms with Crippen molar-refractivity contribution in [1.29, 1.82) is 0 Å². The van der Waals surface area contributed by atoms with Crippen molar-refractivity contribution in [3.63, 3.8) is 0 Å². The number of carbonyl (C=O) groups is 1. The van der Waals surface area contributed by atoms with Crippen molar-refractivity contribution in [2.24, 2.45) is 5.73 Å². The summed E-state index contributed by atoms with van der Waals surface area (Å²) in [6.07, 6.45) is 2.81. The number of hydrogen-bond acceptors (Lipinski definition) is 5. The van der Waals surface area contributed by atoms with E-state index in [2.05, 4.69) is 15.2 Å². The van der Waals surface area contributed by atoms with Gasteiger partial charge in [0.2, 0.25) is 0 Å². The van der Waals surface area contributed by atoms with Crippen LogP contribution in [0.5, 0.6) is 0 Å². The minimum absolute atomic E-state index is 0.0839. The first-order valence-corrected chi connectivity index (χ1v) is 7.09. The Labute approximate surface area is 112 Å². The third kappa shape index (κ3) is 5.57. The van der Waals surface area contributed by atoms with E-state index < -0.39 is 0 Å². The number of rotatable bonds is 8. The fourth-order valence-electron chi connectivity index (χ4n) is 1.50. The van der Waals surface area contributed by atoms with Crippen LogP contribution in [0, 0.1) is 0 Å². The highest BCUT2D eigenvalue weighted by Crippen LogP contribution is 2.09. The molecule has 18 heavy (non-hydrogen) atoms. The first-order valence-electron chi connectivity index (χ1n) is 6.21. The summed E-state index contributed by atoms with van der Waals surface area (Å²) in [5.74, 6) is -0.0839. The summed E-state index contributed by atoms with van der Waals surface area (Å²) < 4.78 is 0. The largest absolute Gasteiger partial charge is 0.351 e. The lowest BCUT2D eigenvalue weighted by atomic mass is 10.3. The Hall–Kier alpha value is -0.980. The molecule has 0 aliphatic carbocycles. The zero-order valence-corrected chi connectivity index (χ0v) is 11.9. The maximum Gasteiger partial charge on any atom is 0.270 e. The number of carbonyl (C=O) groups excluding carboxylic acids is 1. The molecule has 102 valence electrons. The van der Waals surface area contributed by atoms with Crippen LogP contribution >= 0.6 is 11.3 Å². The van der Waals surface area contributed by atoms with E-state index in [-0.39, 0.29) is 5.91 Å². The third-order valence-corrected chi connectivity index (χ3v) is 3.37. The van der Waals surface area contributed by atoms with Gasteiger partial charge in [-0.15, -0.1) is 11.3 Å². The number of hydrogen-bond donors (Lipinski definition) is 2. The van der Waals surface area contributed by atoms with Crippen molar-refractivity contribution in [3.05, 3.63) is 16.1 Å². The van der Waals surface area contributed by atoms with Crippen LogP contribution in [0.4, 0.5) is 0 Å². The predicted molar refractivity (Wildman–Crippen MR) is 75.0 cm³/mol. The normalized spacial score (nSPS) is 10.9. The Morgan fingerprint density at radius 2 is 2.28 bits per heavy atom. The van der Waals surface area contributed by atoms with Crippen LogP contribution in [0.3, 0.4) is 0 Å². The molecule has 0 saturated carbocycles. The lowest BCUT2D eigenvalue weighted by Gasteiger charge is -2.08. The summed E-state index contributed by atoms with van der Waals surface area (Å²) in [4.78, 5) is 18.1. The Morgan fingerprint density at radius 3 is 2.94 bits per heavy atom. The Kier molecular flexibility index (Phi) is 6.85. The van der Waals surface area contributed by atoms with E-state index in [0.29, 0.717) is 18.8 Å². The minimum Gasteiger partial charge on any atom is -0.351 e. The maximum absolute atomic E-state index is 11.8. The zero-order valence-electron chi connectivity index (χ0n) is 11.1. The summed E-state index contributed by atoms with van der Waals surface area (Å²) in [6, 6.07) is 0. The van der Waals surface area contributed by atoms with Crippen LogP contribution < -0.4 is 11.1 Å². The molecule has 1 amide bonds. The van der Waals surface area contributed by atoms with E-state index in [9.17, 15) is 4.79 Å². The van der Waals surface area contributed by atoms with Gasteiger partial charge in [0.1, 0.15) is 5.69 Å². The lowest BCUT2D eigenvalue weighted by Crippen LogP contribution is -2.25. The van der Waals surface area contributed by atoms with E-state index in [1.165, 1.54) is 11.3 Å². The van der Waals surface area contributed by atoms with Gasteiger partial charge in [0.25, 0.3) is 5.91 Å². The van der Waals surface area contributed by atoms with Crippen molar-refractivity contribution >= 4 is 17.2 Å². The number of nitrogens with two attached hydrogens (primary N) is 1. The van der Waals surface area contributed by atoms with Crippen LogP contribution in [0.1, 0.15) is 28.3 Å².